The minimum Gasteiger partial charge on any atom is -0.463 e. The van der Waals surface area contributed by atoms with Gasteiger partial charge in [0.2, 0.25) is 0 Å². The first-order chi connectivity index (χ1) is 17.9. The van der Waals surface area contributed by atoms with Gasteiger partial charge in [-0.05, 0) is 31.4 Å². The van der Waals surface area contributed by atoms with Crippen molar-refractivity contribution >= 4 is 29.6 Å². The average molecular weight is 550 g/mol. The molecule has 1 rings (SSSR count). The summed E-state index contributed by atoms with van der Waals surface area (Å²) in [7, 11) is 0. The van der Waals surface area contributed by atoms with Gasteiger partial charge in [0.05, 0.1) is 59.3 Å². The fourth-order valence-corrected chi connectivity index (χ4v) is 4.61. The maximum Gasteiger partial charge on any atom is 0.407 e. The Morgan fingerprint density at radius 2 is 1.32 bits per heavy atom. The van der Waals surface area contributed by atoms with E-state index >= 15 is 0 Å². The average Bonchev–Trinajstić information content (AvgIpc) is 2.88. The van der Waals surface area contributed by atoms with Gasteiger partial charge in [-0.25, -0.2) is 4.79 Å². The van der Waals surface area contributed by atoms with Crippen LogP contribution >= 0.6 is 11.8 Å². The molecule has 1 saturated carbocycles. The number of thioether (sulfide) groups is 1. The summed E-state index contributed by atoms with van der Waals surface area (Å²) in [6, 6.07) is 0. The highest BCUT2D eigenvalue weighted by Gasteiger charge is 2.23. The number of Topliss-reactive ketones (excluding diaryl/α,β-unsaturated/α-hetero) is 1. The summed E-state index contributed by atoms with van der Waals surface area (Å²) in [5.74, 6) is 0.745. The van der Waals surface area contributed by atoms with Crippen LogP contribution in [0.4, 0.5) is 4.79 Å². The van der Waals surface area contributed by atoms with Gasteiger partial charge in [-0.1, -0.05) is 20.8 Å². The lowest BCUT2D eigenvalue weighted by Gasteiger charge is -2.27. The van der Waals surface area contributed by atoms with Crippen molar-refractivity contribution in [2.45, 2.75) is 70.7 Å². The molecule has 0 aromatic carbocycles. The third kappa shape index (κ3) is 19.3. The Morgan fingerprint density at radius 3 is 1.86 bits per heavy atom. The van der Waals surface area contributed by atoms with E-state index < -0.39 is 0 Å². The Labute approximate surface area is 226 Å². The van der Waals surface area contributed by atoms with Crippen LogP contribution in [0.3, 0.4) is 0 Å². The molecule has 0 atom stereocenters. The van der Waals surface area contributed by atoms with E-state index in [0.29, 0.717) is 58.0 Å². The van der Waals surface area contributed by atoms with Gasteiger partial charge < -0.3 is 33.7 Å². The fourth-order valence-electron chi connectivity index (χ4n) is 3.53. The van der Waals surface area contributed by atoms with Crippen molar-refractivity contribution < 1.29 is 42.8 Å². The molecule has 10 nitrogen and oxygen atoms in total. The number of carbonyl (C=O) groups is 3. The van der Waals surface area contributed by atoms with Gasteiger partial charge in [0.25, 0.3) is 0 Å². The topological polar surface area (TPSA) is 119 Å². The van der Waals surface area contributed by atoms with Gasteiger partial charge in [-0.2, -0.15) is 11.8 Å². The van der Waals surface area contributed by atoms with Gasteiger partial charge in [-0.15, -0.1) is 0 Å². The summed E-state index contributed by atoms with van der Waals surface area (Å²) in [6.07, 6.45) is 4.08. The van der Waals surface area contributed by atoms with E-state index in [1.54, 1.807) is 0 Å². The smallest absolute Gasteiger partial charge is 0.407 e. The van der Waals surface area contributed by atoms with E-state index in [9.17, 15) is 14.4 Å². The van der Waals surface area contributed by atoms with Crippen LogP contribution in [0.1, 0.15) is 59.3 Å². The molecule has 0 saturated heterocycles. The predicted octanol–water partition coefficient (Wildman–Crippen LogP) is 3.39. The standard InChI is InChI=1S/C26H47NO9S/c1-4-37-23-7-5-22(6-8-23)36-26(30)27-11-12-31-13-14-32-15-16-33-17-18-34-19-20-35-25(29)10-9-24(28)21(2)3/h21-23H,4-20H2,1-3H3,(H,27,30). The molecule has 216 valence electrons. The first-order valence-corrected chi connectivity index (χ1v) is 14.5. The molecule has 0 bridgehead atoms. The Hall–Kier alpha value is -1.40. The SMILES string of the molecule is CCSC1CCC(OC(=O)NCCOCCOCCOCCOCCOC(=O)CCC(=O)C(C)C)CC1. The zero-order valence-electron chi connectivity index (χ0n) is 22.8. The number of rotatable bonds is 22. The molecule has 0 spiro atoms. The van der Waals surface area contributed by atoms with Crippen molar-refractivity contribution in [3.63, 3.8) is 0 Å². The van der Waals surface area contributed by atoms with Crippen molar-refractivity contribution in [2.24, 2.45) is 5.92 Å². The Bertz CT molecular complexity index is 613. The fraction of sp³-hybridized carbons (Fsp3) is 0.885. The molecule has 1 amide bonds. The van der Waals surface area contributed by atoms with Gasteiger partial charge >= 0.3 is 12.1 Å². The molecule has 11 heteroatoms. The molecule has 0 aromatic heterocycles. The van der Waals surface area contributed by atoms with Gasteiger partial charge in [0, 0.05) is 24.1 Å². The summed E-state index contributed by atoms with van der Waals surface area (Å²) in [5, 5.41) is 3.43. The second kappa shape index (κ2) is 22.6. The monoisotopic (exact) mass is 549 g/mol. The van der Waals surface area contributed by atoms with Gasteiger partial charge in [0.15, 0.2) is 0 Å². The quantitative estimate of drug-likeness (QED) is 0.159. The summed E-state index contributed by atoms with van der Waals surface area (Å²) in [5.41, 5.74) is 0. The van der Waals surface area contributed by atoms with Crippen LogP contribution in [0.5, 0.6) is 0 Å². The van der Waals surface area contributed by atoms with E-state index in [4.69, 9.17) is 28.4 Å². The van der Waals surface area contributed by atoms with Crippen molar-refractivity contribution in [2.75, 3.05) is 71.8 Å². The number of amides is 1. The lowest BCUT2D eigenvalue weighted by molar-refractivity contribution is -0.146. The van der Waals surface area contributed by atoms with Crippen LogP contribution in [0.25, 0.3) is 0 Å². The van der Waals surface area contributed by atoms with Crippen LogP contribution in [0.15, 0.2) is 0 Å². The lowest BCUT2D eigenvalue weighted by atomic mass is 9.97. The minimum atomic E-state index is -0.386. The molecule has 1 fully saturated rings. The number of hydrogen-bond acceptors (Lipinski definition) is 10. The molecule has 0 aliphatic heterocycles. The van der Waals surface area contributed by atoms with Crippen LogP contribution in [-0.2, 0) is 38.0 Å². The first-order valence-electron chi connectivity index (χ1n) is 13.5. The van der Waals surface area contributed by atoms with E-state index in [1.165, 1.54) is 0 Å². The molecular weight excluding hydrogens is 502 g/mol. The molecule has 1 aliphatic rings. The number of carbonyl (C=O) groups excluding carboxylic acids is 3. The highest BCUT2D eigenvalue weighted by atomic mass is 32.2. The summed E-state index contributed by atoms with van der Waals surface area (Å²) >= 11 is 1.99. The molecule has 0 heterocycles. The summed E-state index contributed by atoms with van der Waals surface area (Å²) in [4.78, 5) is 34.9. The third-order valence-electron chi connectivity index (χ3n) is 5.64. The van der Waals surface area contributed by atoms with Crippen molar-refractivity contribution in [3.8, 4) is 0 Å². The summed E-state index contributed by atoms with van der Waals surface area (Å²) in [6.45, 7) is 9.61. The zero-order valence-corrected chi connectivity index (χ0v) is 23.7. The van der Waals surface area contributed by atoms with Gasteiger partial charge in [-0.3, -0.25) is 9.59 Å². The van der Waals surface area contributed by atoms with Crippen molar-refractivity contribution in [1.29, 1.82) is 0 Å². The third-order valence-corrected chi connectivity index (χ3v) is 6.92. The highest BCUT2D eigenvalue weighted by molar-refractivity contribution is 7.99. The Kier molecular flexibility index (Phi) is 20.5. The van der Waals surface area contributed by atoms with Crippen LogP contribution < -0.4 is 5.32 Å². The van der Waals surface area contributed by atoms with E-state index in [2.05, 4.69) is 12.2 Å². The summed E-state index contributed by atoms with van der Waals surface area (Å²) < 4.78 is 32.1. The molecule has 1 aliphatic carbocycles. The molecule has 37 heavy (non-hydrogen) atoms. The lowest BCUT2D eigenvalue weighted by Crippen LogP contribution is -2.33. The molecule has 0 aromatic rings. The molecular formula is C26H47NO9S. The number of hydrogen-bond donors (Lipinski definition) is 1. The first kappa shape index (κ1) is 33.6. The highest BCUT2D eigenvalue weighted by Crippen LogP contribution is 2.29. The van der Waals surface area contributed by atoms with E-state index in [1.807, 2.05) is 25.6 Å². The second-order valence-electron chi connectivity index (χ2n) is 8.98. The molecule has 0 radical (unpaired) electrons. The maximum absolute atomic E-state index is 11.9. The number of esters is 1. The Balaban J connectivity index is 1.78. The number of ketones is 1. The largest absolute Gasteiger partial charge is 0.463 e. The maximum atomic E-state index is 11.9. The van der Waals surface area contributed by atoms with Crippen molar-refractivity contribution in [3.05, 3.63) is 0 Å². The van der Waals surface area contributed by atoms with E-state index in [-0.39, 0.29) is 55.9 Å². The predicted molar refractivity (Wildman–Crippen MR) is 142 cm³/mol. The second-order valence-corrected chi connectivity index (χ2v) is 10.6. The Morgan fingerprint density at radius 1 is 0.784 bits per heavy atom. The van der Waals surface area contributed by atoms with E-state index in [0.717, 1.165) is 31.4 Å². The zero-order chi connectivity index (χ0) is 27.1. The number of ether oxygens (including phenoxy) is 6. The normalized spacial score (nSPS) is 17.5. The van der Waals surface area contributed by atoms with Crippen molar-refractivity contribution in [1.82, 2.24) is 5.32 Å². The minimum absolute atomic E-state index is 0.0276. The molecule has 0 unspecified atom stereocenters. The van der Waals surface area contributed by atoms with Crippen LogP contribution in [0.2, 0.25) is 0 Å². The molecule has 1 N–H and O–H groups in total. The number of alkyl carbamates (subject to hydrolysis) is 1. The number of nitrogens with one attached hydrogen (secondary N) is 1. The van der Waals surface area contributed by atoms with Crippen LogP contribution in [0, 0.1) is 5.92 Å². The van der Waals surface area contributed by atoms with Gasteiger partial charge in [0.1, 0.15) is 18.5 Å². The van der Waals surface area contributed by atoms with Crippen LogP contribution in [-0.4, -0.2) is 101 Å².